The summed E-state index contributed by atoms with van der Waals surface area (Å²) in [5.74, 6) is 0.0172. The van der Waals surface area contributed by atoms with E-state index in [4.69, 9.17) is 9.47 Å². The van der Waals surface area contributed by atoms with E-state index in [-0.39, 0.29) is 17.9 Å². The lowest BCUT2D eigenvalue weighted by Crippen LogP contribution is -2.18. The number of ether oxygens (including phenoxy) is 2. The zero-order valence-corrected chi connectivity index (χ0v) is 20.9. The van der Waals surface area contributed by atoms with Gasteiger partial charge >= 0.3 is 6.18 Å². The Hall–Kier alpha value is -3.68. The van der Waals surface area contributed by atoms with Crippen molar-refractivity contribution in [3.05, 3.63) is 96.6 Å². The smallest absolute Gasteiger partial charge is 0.416 e. The minimum absolute atomic E-state index is 0.0467. The fourth-order valence-corrected chi connectivity index (χ4v) is 3.83. The summed E-state index contributed by atoms with van der Waals surface area (Å²) in [6.45, 7) is 2.18. The van der Waals surface area contributed by atoms with Crippen LogP contribution in [0.1, 0.15) is 34.0 Å². The van der Waals surface area contributed by atoms with Crippen molar-refractivity contribution in [1.29, 1.82) is 0 Å². The summed E-state index contributed by atoms with van der Waals surface area (Å²) >= 11 is 2.03. The van der Waals surface area contributed by atoms with Crippen LogP contribution in [0.5, 0.6) is 11.5 Å². The Kier molecular flexibility index (Phi) is 8.85. The molecule has 0 aliphatic heterocycles. The Labute approximate surface area is 217 Å². The van der Waals surface area contributed by atoms with Crippen LogP contribution in [0.2, 0.25) is 0 Å². The van der Waals surface area contributed by atoms with Gasteiger partial charge in [0.05, 0.1) is 26.9 Å². The molecule has 1 amide bonds. The number of hydrazone groups is 1. The molecule has 12 heteroatoms. The molecule has 36 heavy (non-hydrogen) atoms. The summed E-state index contributed by atoms with van der Waals surface area (Å²) in [6.07, 6.45) is -3.24. The standard InChI is InChI=1S/C24H19F3IN3O5/c1-2-35-21-11-16(13-29-30-23(32)17-6-4-7-18(12-17)24(25,26)27)10-20(28)22(21)36-14-15-5-3-8-19(9-15)31(33)34/h3-13H,2,14H2,1H3,(H,30,32)/b29-13-. The number of nitrogens with one attached hydrogen (secondary N) is 1. The molecule has 0 aromatic heterocycles. The Morgan fingerprint density at radius 1 is 1.14 bits per heavy atom. The molecule has 0 radical (unpaired) electrons. The normalized spacial score (nSPS) is 11.4. The van der Waals surface area contributed by atoms with E-state index < -0.39 is 22.6 Å². The minimum atomic E-state index is -4.56. The van der Waals surface area contributed by atoms with Crippen molar-refractivity contribution in [2.45, 2.75) is 19.7 Å². The molecule has 3 aromatic carbocycles. The number of nitro benzene ring substituents is 1. The Morgan fingerprint density at radius 3 is 2.58 bits per heavy atom. The second-order valence-electron chi connectivity index (χ2n) is 7.26. The third-order valence-electron chi connectivity index (χ3n) is 4.67. The predicted octanol–water partition coefficient (Wildman–Crippen LogP) is 5.96. The van der Waals surface area contributed by atoms with Crippen LogP contribution < -0.4 is 14.9 Å². The van der Waals surface area contributed by atoms with Gasteiger partial charge in [0.1, 0.15) is 6.61 Å². The van der Waals surface area contributed by atoms with Gasteiger partial charge in [0.25, 0.3) is 11.6 Å². The van der Waals surface area contributed by atoms with Gasteiger partial charge in [0, 0.05) is 17.7 Å². The number of amides is 1. The fourth-order valence-electron chi connectivity index (χ4n) is 3.05. The number of rotatable bonds is 9. The molecule has 188 valence electrons. The number of carbonyl (C=O) groups excluding carboxylic acids is 1. The fraction of sp³-hybridized carbons (Fsp3) is 0.167. The average molecular weight is 613 g/mol. The number of benzene rings is 3. The molecule has 8 nitrogen and oxygen atoms in total. The lowest BCUT2D eigenvalue weighted by Gasteiger charge is -2.14. The molecule has 0 fully saturated rings. The molecule has 0 spiro atoms. The van der Waals surface area contributed by atoms with Gasteiger partial charge in [-0.05, 0) is 71.0 Å². The first-order valence-corrected chi connectivity index (χ1v) is 11.5. The van der Waals surface area contributed by atoms with Crippen molar-refractivity contribution in [2.75, 3.05) is 6.61 Å². The van der Waals surface area contributed by atoms with Crippen LogP contribution in [0, 0.1) is 13.7 Å². The highest BCUT2D eigenvalue weighted by atomic mass is 127. The first-order valence-electron chi connectivity index (χ1n) is 10.4. The highest BCUT2D eigenvalue weighted by molar-refractivity contribution is 14.1. The molecular formula is C24H19F3IN3O5. The van der Waals surface area contributed by atoms with Crippen molar-refractivity contribution in [3.8, 4) is 11.5 Å². The van der Waals surface area contributed by atoms with E-state index in [1.807, 2.05) is 22.6 Å². The molecule has 0 aliphatic carbocycles. The maximum Gasteiger partial charge on any atom is 0.416 e. The summed E-state index contributed by atoms with van der Waals surface area (Å²) in [4.78, 5) is 22.7. The van der Waals surface area contributed by atoms with Gasteiger partial charge in [-0.15, -0.1) is 0 Å². The molecule has 1 N–H and O–H groups in total. The summed E-state index contributed by atoms with van der Waals surface area (Å²) in [5.41, 5.74) is 2.18. The zero-order valence-electron chi connectivity index (χ0n) is 18.7. The van der Waals surface area contributed by atoms with Crippen molar-refractivity contribution in [3.63, 3.8) is 0 Å². The monoisotopic (exact) mass is 613 g/mol. The Bertz CT molecular complexity index is 1300. The average Bonchev–Trinajstić information content (AvgIpc) is 2.83. The lowest BCUT2D eigenvalue weighted by atomic mass is 10.1. The van der Waals surface area contributed by atoms with Crippen LogP contribution in [-0.4, -0.2) is 23.7 Å². The Morgan fingerprint density at radius 2 is 1.89 bits per heavy atom. The number of non-ortho nitro benzene ring substituents is 1. The first kappa shape index (κ1) is 26.9. The molecule has 0 aliphatic rings. The van der Waals surface area contributed by atoms with Crippen LogP contribution in [0.4, 0.5) is 18.9 Å². The van der Waals surface area contributed by atoms with Crippen LogP contribution in [0.15, 0.2) is 65.8 Å². The van der Waals surface area contributed by atoms with Gasteiger partial charge in [-0.2, -0.15) is 18.3 Å². The number of carbonyl (C=O) groups is 1. The molecule has 0 saturated heterocycles. The number of nitro groups is 1. The lowest BCUT2D eigenvalue weighted by molar-refractivity contribution is -0.384. The summed E-state index contributed by atoms with van der Waals surface area (Å²) in [6, 6.07) is 13.4. The van der Waals surface area contributed by atoms with Crippen molar-refractivity contribution >= 4 is 40.4 Å². The molecular weight excluding hydrogens is 594 g/mol. The SMILES string of the molecule is CCOc1cc(/C=N\NC(=O)c2cccc(C(F)(F)F)c2)cc(I)c1OCc1cccc([N+](=O)[O-])c1. The van der Waals surface area contributed by atoms with E-state index in [0.29, 0.717) is 32.8 Å². The van der Waals surface area contributed by atoms with Gasteiger partial charge in [0.2, 0.25) is 0 Å². The Balaban J connectivity index is 1.73. The van der Waals surface area contributed by atoms with Crippen LogP contribution in [0.25, 0.3) is 0 Å². The van der Waals surface area contributed by atoms with Gasteiger partial charge in [0.15, 0.2) is 11.5 Å². The molecule has 0 atom stereocenters. The third kappa shape index (κ3) is 7.16. The highest BCUT2D eigenvalue weighted by Crippen LogP contribution is 2.35. The summed E-state index contributed by atoms with van der Waals surface area (Å²) in [5, 5.41) is 14.8. The molecule has 0 bridgehead atoms. The number of halogens is 4. The number of alkyl halides is 3. The number of hydrogen-bond donors (Lipinski definition) is 1. The van der Waals surface area contributed by atoms with E-state index in [9.17, 15) is 28.1 Å². The quantitative estimate of drug-likeness (QED) is 0.139. The summed E-state index contributed by atoms with van der Waals surface area (Å²) in [7, 11) is 0. The van der Waals surface area contributed by atoms with Crippen LogP contribution >= 0.6 is 22.6 Å². The third-order valence-corrected chi connectivity index (χ3v) is 5.47. The second kappa shape index (κ2) is 11.8. The van der Waals surface area contributed by atoms with Gasteiger partial charge in [-0.25, -0.2) is 5.43 Å². The van der Waals surface area contributed by atoms with Gasteiger partial charge in [-0.1, -0.05) is 18.2 Å². The van der Waals surface area contributed by atoms with E-state index in [2.05, 4.69) is 10.5 Å². The maximum absolute atomic E-state index is 12.9. The van der Waals surface area contributed by atoms with E-state index >= 15 is 0 Å². The van der Waals surface area contributed by atoms with Crippen LogP contribution in [0.3, 0.4) is 0 Å². The van der Waals surface area contributed by atoms with E-state index in [0.717, 1.165) is 18.2 Å². The topological polar surface area (TPSA) is 103 Å². The largest absolute Gasteiger partial charge is 0.490 e. The first-order chi connectivity index (χ1) is 17.1. The van der Waals surface area contributed by atoms with Gasteiger partial charge in [-0.3, -0.25) is 14.9 Å². The molecule has 0 unspecified atom stereocenters. The van der Waals surface area contributed by atoms with Crippen molar-refractivity contribution < 1.29 is 32.4 Å². The molecule has 3 aromatic rings. The predicted molar refractivity (Wildman–Crippen MR) is 134 cm³/mol. The van der Waals surface area contributed by atoms with Crippen molar-refractivity contribution in [1.82, 2.24) is 5.43 Å². The summed E-state index contributed by atoms with van der Waals surface area (Å²) < 4.78 is 50.8. The maximum atomic E-state index is 12.9. The second-order valence-corrected chi connectivity index (χ2v) is 8.42. The highest BCUT2D eigenvalue weighted by Gasteiger charge is 2.30. The zero-order chi connectivity index (χ0) is 26.3. The molecule has 0 saturated carbocycles. The van der Waals surface area contributed by atoms with Crippen LogP contribution in [-0.2, 0) is 12.8 Å². The number of nitrogens with zero attached hydrogens (tertiary/aromatic N) is 2. The van der Waals surface area contributed by atoms with E-state index in [1.54, 1.807) is 31.2 Å². The minimum Gasteiger partial charge on any atom is -0.490 e. The molecule has 0 heterocycles. The van der Waals surface area contributed by atoms with E-state index in [1.165, 1.54) is 24.4 Å². The van der Waals surface area contributed by atoms with Crippen molar-refractivity contribution in [2.24, 2.45) is 5.10 Å². The molecule has 3 rings (SSSR count). The van der Waals surface area contributed by atoms with Gasteiger partial charge < -0.3 is 9.47 Å². The number of hydrogen-bond acceptors (Lipinski definition) is 6.